The number of benzene rings is 4. The molecule has 4 aromatic carbocycles. The molecule has 0 aliphatic carbocycles. The second-order valence-corrected chi connectivity index (χ2v) is 19.5. The quantitative estimate of drug-likeness (QED) is 0.0446. The van der Waals surface area contributed by atoms with E-state index in [1.807, 2.05) is 92.0 Å². The molecule has 0 amide bonds. The molecule has 16 nitrogen and oxygen atoms in total. The number of anilines is 4. The van der Waals surface area contributed by atoms with Crippen LogP contribution in [0.2, 0.25) is 10.6 Å². The SMILES string of the molecule is C.C.C/C=C\C(N)=C/N.CC(=O)c1cc2ccc(Br)cc2[nH]1.Clc1nccc(Nc2ccc3c(c2)C=NC3)n1.Fc1cnc(Cl)nc1Nc1ccc2c(c1)C=NC2.NC1CCOC1.O=C(O)c1cc2ccc(Br)cc2s1. The summed E-state index contributed by atoms with van der Waals surface area (Å²) >= 11 is 19.3. The number of hydrogen-bond acceptors (Lipinski definition) is 15. The van der Waals surface area contributed by atoms with Crippen LogP contribution < -0.4 is 27.8 Å². The van der Waals surface area contributed by atoms with Gasteiger partial charge in [-0.1, -0.05) is 77.1 Å². The highest BCUT2D eigenvalue weighted by atomic mass is 79.9. The third kappa shape index (κ3) is 19.0. The zero-order valence-corrected chi connectivity index (χ0v) is 45.2. The Morgan fingerprint density at radius 3 is 2.04 bits per heavy atom. The number of carboxylic acid groups (broad SMARTS) is 1. The molecule has 1 fully saturated rings. The van der Waals surface area contributed by atoms with Gasteiger partial charge >= 0.3 is 5.97 Å². The van der Waals surface area contributed by atoms with Crippen molar-refractivity contribution in [2.24, 2.45) is 27.2 Å². The monoisotopic (exact) mass is 1220 g/mol. The molecule has 11 rings (SSSR count). The number of aliphatic imine (C=N–C) groups is 2. The summed E-state index contributed by atoms with van der Waals surface area (Å²) in [6, 6.07) is 29.1. The number of Topliss-reactive ketones (excluding diaryl/α,β-unsaturated/α-hetero) is 1. The van der Waals surface area contributed by atoms with E-state index in [4.69, 9.17) is 50.2 Å². The molecule has 0 bridgehead atoms. The number of ether oxygens (including phenoxy) is 1. The van der Waals surface area contributed by atoms with E-state index in [9.17, 15) is 14.0 Å². The fourth-order valence-corrected chi connectivity index (χ4v) is 8.78. The number of nitrogens with one attached hydrogen (secondary N) is 3. The van der Waals surface area contributed by atoms with E-state index in [-0.39, 0.29) is 37.0 Å². The van der Waals surface area contributed by atoms with Crippen LogP contribution in [0.25, 0.3) is 21.0 Å². The summed E-state index contributed by atoms with van der Waals surface area (Å²) in [6.07, 6.45) is 12.3. The number of thiophene rings is 1. The van der Waals surface area contributed by atoms with E-state index in [2.05, 4.69) is 83.5 Å². The molecule has 0 radical (unpaired) electrons. The Hall–Kier alpha value is -6.91. The summed E-state index contributed by atoms with van der Waals surface area (Å²) in [5, 5.41) is 17.1. The van der Waals surface area contributed by atoms with Crippen molar-refractivity contribution < 1.29 is 23.8 Å². The van der Waals surface area contributed by atoms with Crippen LogP contribution in [0.4, 0.5) is 27.4 Å². The van der Waals surface area contributed by atoms with Crippen LogP contribution >= 0.6 is 66.4 Å². The summed E-state index contributed by atoms with van der Waals surface area (Å²) in [6.45, 7) is 6.54. The zero-order valence-electron chi connectivity index (χ0n) is 39.7. The van der Waals surface area contributed by atoms with Crippen LogP contribution in [0.3, 0.4) is 0 Å². The molecule has 1 unspecified atom stereocenters. The van der Waals surface area contributed by atoms with Gasteiger partial charge in [-0.15, -0.1) is 11.3 Å². The van der Waals surface area contributed by atoms with Gasteiger partial charge in [-0.3, -0.25) is 14.8 Å². The molecule has 10 N–H and O–H groups in total. The number of allylic oxidation sites excluding steroid dienone is 2. The van der Waals surface area contributed by atoms with Gasteiger partial charge in [0.1, 0.15) is 10.7 Å². The Labute approximate surface area is 471 Å². The van der Waals surface area contributed by atoms with E-state index in [0.717, 1.165) is 90.4 Å². The highest BCUT2D eigenvalue weighted by Gasteiger charge is 2.12. The number of halogens is 5. The van der Waals surface area contributed by atoms with Crippen LogP contribution in [0.5, 0.6) is 0 Å². The summed E-state index contributed by atoms with van der Waals surface area (Å²) in [7, 11) is 0. The van der Waals surface area contributed by atoms with Crippen LogP contribution in [0.15, 0.2) is 146 Å². The maximum Gasteiger partial charge on any atom is 0.345 e. The number of hydrogen-bond donors (Lipinski definition) is 7. The van der Waals surface area contributed by atoms with Crippen molar-refractivity contribution in [3.63, 3.8) is 0 Å². The number of carbonyl (C=O) groups is 2. The molecule has 7 heterocycles. The standard InChI is InChI=1S/C12H8ClFN4.C12H9ClN4.C10H8BrNO.C9H5BrO2S.C5H10N2.C4H9NO.2CH4/c13-12-16-6-10(14)11(18-12)17-9-2-1-7-4-15-5-8(7)3-9;13-12-15-4-3-11(17-12)16-10-2-1-8-6-14-7-9(8)5-10;1-6(13)9-4-7-2-3-8(11)5-10(7)12-9;10-6-2-1-5-3-8(9(11)12)13-7(5)4-6;1-2-3-5(7)4-6;5-4-1-2-6-3-4;;/h1-3,5-6H,4H2,(H,16,17,18);1-5,7H,6H2,(H,15,16,17);2-5,12H,1H3;1-4H,(H,11,12);2-4H,6-7H2,1H3;4H,1-3,5H2;2*1H4/b;;;;3-2-,5-4+;;;. The molecule has 8 aromatic rings. The average molecular weight is 1220 g/mol. The molecule has 398 valence electrons. The minimum atomic E-state index is -0.864. The lowest BCUT2D eigenvalue weighted by atomic mass is 10.1. The number of carbonyl (C=O) groups excluding carboxylic acids is 1. The smallest absolute Gasteiger partial charge is 0.345 e. The molecule has 76 heavy (non-hydrogen) atoms. The number of carboxylic acids is 1. The van der Waals surface area contributed by atoms with Gasteiger partial charge in [0.25, 0.3) is 0 Å². The highest BCUT2D eigenvalue weighted by Crippen LogP contribution is 2.29. The third-order valence-electron chi connectivity index (χ3n) is 10.3. The first-order chi connectivity index (χ1) is 35.6. The zero-order chi connectivity index (χ0) is 53.1. The number of aromatic amines is 1. The Kier molecular flexibility index (Phi) is 24.8. The Morgan fingerprint density at radius 1 is 0.855 bits per heavy atom. The first kappa shape index (κ1) is 61.6. The van der Waals surface area contributed by atoms with Gasteiger partial charge in [0.05, 0.1) is 31.6 Å². The van der Waals surface area contributed by atoms with Crippen molar-refractivity contribution in [2.75, 3.05) is 23.8 Å². The van der Waals surface area contributed by atoms with Gasteiger partial charge in [0.15, 0.2) is 17.4 Å². The molecule has 4 aromatic heterocycles. The van der Waals surface area contributed by atoms with Crippen LogP contribution in [-0.4, -0.2) is 73.5 Å². The van der Waals surface area contributed by atoms with Crippen LogP contribution in [0, 0.1) is 5.82 Å². The van der Waals surface area contributed by atoms with E-state index in [1.54, 1.807) is 37.5 Å². The number of H-pyrrole nitrogens is 1. The normalized spacial score (nSPS) is 13.3. The van der Waals surface area contributed by atoms with E-state index in [1.165, 1.54) is 23.1 Å². The minimum absolute atomic E-state index is 0. The van der Waals surface area contributed by atoms with Crippen LogP contribution in [0.1, 0.15) is 77.5 Å². The molecule has 22 heteroatoms. The number of rotatable bonds is 7. The van der Waals surface area contributed by atoms with Crippen molar-refractivity contribution in [1.82, 2.24) is 24.9 Å². The lowest BCUT2D eigenvalue weighted by Gasteiger charge is -2.07. The van der Waals surface area contributed by atoms with Crippen molar-refractivity contribution in [3.8, 4) is 0 Å². The minimum Gasteiger partial charge on any atom is -0.477 e. The van der Waals surface area contributed by atoms with Crippen LogP contribution in [-0.2, 0) is 17.8 Å². The number of aromatic nitrogens is 5. The fraction of sp³-hybridized carbons (Fsp3) is 0.185. The van der Waals surface area contributed by atoms with Crippen molar-refractivity contribution in [2.45, 2.75) is 54.3 Å². The maximum absolute atomic E-state index is 13.5. The van der Waals surface area contributed by atoms with Crippen molar-refractivity contribution in [3.05, 3.63) is 186 Å². The molecule has 3 aliphatic rings. The van der Waals surface area contributed by atoms with E-state index >= 15 is 0 Å². The molecular weight excluding hydrogens is 1160 g/mol. The number of nitrogens with two attached hydrogens (primary N) is 3. The number of nitrogens with zero attached hydrogens (tertiary/aromatic N) is 6. The summed E-state index contributed by atoms with van der Waals surface area (Å²) in [5.41, 5.74) is 24.2. The topological polar surface area (TPSA) is 258 Å². The van der Waals surface area contributed by atoms with Crippen molar-refractivity contribution >= 4 is 135 Å². The molecule has 0 spiro atoms. The number of aromatic carboxylic acids is 1. The number of ketones is 1. The first-order valence-corrected chi connectivity index (χ1v) is 25.5. The predicted octanol–water partition coefficient (Wildman–Crippen LogP) is 13.6. The molecule has 1 atom stereocenters. The van der Waals surface area contributed by atoms with E-state index in [0.29, 0.717) is 34.7 Å². The van der Waals surface area contributed by atoms with E-state index < -0.39 is 11.8 Å². The fourth-order valence-electron chi connectivity index (χ4n) is 6.68. The summed E-state index contributed by atoms with van der Waals surface area (Å²) in [4.78, 5) is 48.8. The van der Waals surface area contributed by atoms with Gasteiger partial charge < -0.3 is 42.7 Å². The molecule has 3 aliphatic heterocycles. The molecule has 1 saturated heterocycles. The summed E-state index contributed by atoms with van der Waals surface area (Å²) in [5.74, 6) is -0.608. The lowest BCUT2D eigenvalue weighted by Crippen LogP contribution is -2.18. The second kappa shape index (κ2) is 30.6. The first-order valence-electron chi connectivity index (χ1n) is 22.4. The highest BCUT2D eigenvalue weighted by molar-refractivity contribution is 9.10. The van der Waals surface area contributed by atoms with Gasteiger partial charge in [-0.05, 0) is 137 Å². The van der Waals surface area contributed by atoms with Gasteiger partial charge in [0.2, 0.25) is 10.6 Å². The molecular formula is C54H57Br2Cl2FN12O4S. The average Bonchev–Trinajstić information content (AvgIpc) is 4.25. The van der Waals surface area contributed by atoms with Gasteiger partial charge in [0, 0.05) is 86.0 Å². The summed E-state index contributed by atoms with van der Waals surface area (Å²) < 4.78 is 21.4. The maximum atomic E-state index is 13.5. The Bertz CT molecular complexity index is 3280. The Balaban J connectivity index is 0.000000203. The van der Waals surface area contributed by atoms with Crippen molar-refractivity contribution in [1.29, 1.82) is 0 Å². The van der Waals surface area contributed by atoms with Gasteiger partial charge in [-0.25, -0.2) is 24.1 Å². The number of fused-ring (bicyclic) bond motifs is 4. The Morgan fingerprint density at radius 2 is 1.49 bits per heavy atom. The van der Waals surface area contributed by atoms with Gasteiger partial charge in [-0.2, -0.15) is 4.98 Å². The third-order valence-corrected chi connectivity index (χ3v) is 12.8. The lowest BCUT2D eigenvalue weighted by molar-refractivity contribution is 0.0702. The largest absolute Gasteiger partial charge is 0.477 e. The molecule has 0 saturated carbocycles. The second-order valence-electron chi connectivity index (χ2n) is 15.9. The predicted molar refractivity (Wildman–Crippen MR) is 317 cm³/mol.